The average Bonchev–Trinajstić information content (AvgIpc) is 2.63. The molecule has 2 rings (SSSR count). The summed E-state index contributed by atoms with van der Waals surface area (Å²) in [5.41, 5.74) is 1.65. The summed E-state index contributed by atoms with van der Waals surface area (Å²) in [6, 6.07) is 12.1. The van der Waals surface area contributed by atoms with Crippen molar-refractivity contribution in [3.05, 3.63) is 58.6 Å². The van der Waals surface area contributed by atoms with E-state index in [1.54, 1.807) is 6.92 Å². The van der Waals surface area contributed by atoms with Crippen molar-refractivity contribution in [2.24, 2.45) is 0 Å². The molecule has 0 saturated heterocycles. The standard InChI is InChI=1S/C20H22ClNO4/c1-12(2)15-7-5-6-8-18(15)26-13(3)19(23)22-17-11-14(20(24)25-4)9-10-16(17)21/h5-13H,1-4H3,(H,22,23). The predicted molar refractivity (Wildman–Crippen MR) is 102 cm³/mol. The molecule has 0 bridgehead atoms. The maximum Gasteiger partial charge on any atom is 0.337 e. The highest BCUT2D eigenvalue weighted by Gasteiger charge is 2.19. The monoisotopic (exact) mass is 375 g/mol. The SMILES string of the molecule is COC(=O)c1ccc(Cl)c(NC(=O)C(C)Oc2ccccc2C(C)C)c1. The van der Waals surface area contributed by atoms with Gasteiger partial charge in [-0.3, -0.25) is 4.79 Å². The van der Waals surface area contributed by atoms with Crippen LogP contribution in [0.1, 0.15) is 42.6 Å². The van der Waals surface area contributed by atoms with Crippen LogP contribution in [0.15, 0.2) is 42.5 Å². The van der Waals surface area contributed by atoms with Gasteiger partial charge in [0.05, 0.1) is 23.4 Å². The molecule has 0 heterocycles. The number of methoxy groups -OCH3 is 1. The second kappa shape index (κ2) is 8.72. The number of hydrogen-bond donors (Lipinski definition) is 1. The van der Waals surface area contributed by atoms with Crippen molar-refractivity contribution in [1.29, 1.82) is 0 Å². The van der Waals surface area contributed by atoms with E-state index in [0.29, 0.717) is 22.0 Å². The highest BCUT2D eigenvalue weighted by atomic mass is 35.5. The van der Waals surface area contributed by atoms with E-state index >= 15 is 0 Å². The second-order valence-corrected chi connectivity index (χ2v) is 6.54. The molecular weight excluding hydrogens is 354 g/mol. The largest absolute Gasteiger partial charge is 0.481 e. The number of hydrogen-bond acceptors (Lipinski definition) is 4. The van der Waals surface area contributed by atoms with Crippen LogP contribution in [-0.4, -0.2) is 25.1 Å². The number of nitrogens with one attached hydrogen (secondary N) is 1. The number of carbonyl (C=O) groups is 2. The Morgan fingerprint density at radius 2 is 1.77 bits per heavy atom. The Bertz CT molecular complexity index is 804. The molecule has 0 saturated carbocycles. The molecule has 26 heavy (non-hydrogen) atoms. The quantitative estimate of drug-likeness (QED) is 0.746. The summed E-state index contributed by atoms with van der Waals surface area (Å²) in [4.78, 5) is 24.1. The highest BCUT2D eigenvalue weighted by molar-refractivity contribution is 6.33. The van der Waals surface area contributed by atoms with Gasteiger partial charge >= 0.3 is 5.97 Å². The molecule has 138 valence electrons. The minimum atomic E-state index is -0.743. The zero-order valence-corrected chi connectivity index (χ0v) is 16.0. The molecular formula is C20H22ClNO4. The number of carbonyl (C=O) groups excluding carboxylic acids is 2. The van der Waals surface area contributed by atoms with Gasteiger partial charge < -0.3 is 14.8 Å². The minimum absolute atomic E-state index is 0.271. The maximum absolute atomic E-state index is 12.5. The van der Waals surface area contributed by atoms with E-state index in [1.165, 1.54) is 25.3 Å². The Morgan fingerprint density at radius 3 is 2.42 bits per heavy atom. The van der Waals surface area contributed by atoms with Crippen molar-refractivity contribution in [3.8, 4) is 5.75 Å². The summed E-state index contributed by atoms with van der Waals surface area (Å²) in [5, 5.41) is 3.01. The van der Waals surface area contributed by atoms with E-state index in [4.69, 9.17) is 16.3 Å². The molecule has 5 nitrogen and oxygen atoms in total. The predicted octanol–water partition coefficient (Wildman–Crippen LogP) is 4.66. The van der Waals surface area contributed by atoms with Crippen LogP contribution in [0, 0.1) is 0 Å². The fraction of sp³-hybridized carbons (Fsp3) is 0.300. The van der Waals surface area contributed by atoms with Gasteiger partial charge in [-0.2, -0.15) is 0 Å². The topological polar surface area (TPSA) is 64.6 Å². The Hall–Kier alpha value is -2.53. The zero-order chi connectivity index (χ0) is 19.3. The molecule has 1 atom stereocenters. The Morgan fingerprint density at radius 1 is 1.08 bits per heavy atom. The van der Waals surface area contributed by atoms with E-state index in [0.717, 1.165) is 5.56 Å². The molecule has 0 aromatic heterocycles. The molecule has 0 fully saturated rings. The molecule has 0 radical (unpaired) electrons. The van der Waals surface area contributed by atoms with Crippen LogP contribution in [0.25, 0.3) is 0 Å². The number of esters is 1. The first kappa shape index (κ1) is 19.8. The molecule has 2 aromatic rings. The Kier molecular flexibility index (Phi) is 6.64. The number of rotatable bonds is 6. The van der Waals surface area contributed by atoms with Crippen molar-refractivity contribution in [1.82, 2.24) is 0 Å². The lowest BCUT2D eigenvalue weighted by atomic mass is 10.0. The second-order valence-electron chi connectivity index (χ2n) is 6.13. The van der Waals surface area contributed by atoms with Crippen LogP contribution in [-0.2, 0) is 9.53 Å². The fourth-order valence-electron chi connectivity index (χ4n) is 2.41. The van der Waals surface area contributed by atoms with Crippen LogP contribution >= 0.6 is 11.6 Å². The number of halogens is 1. The molecule has 6 heteroatoms. The smallest absolute Gasteiger partial charge is 0.337 e. The number of benzene rings is 2. The number of para-hydroxylation sites is 1. The van der Waals surface area contributed by atoms with E-state index in [-0.39, 0.29) is 11.8 Å². The lowest BCUT2D eigenvalue weighted by Crippen LogP contribution is -2.30. The fourth-order valence-corrected chi connectivity index (χ4v) is 2.57. The van der Waals surface area contributed by atoms with Crippen molar-refractivity contribution < 1.29 is 19.1 Å². The third kappa shape index (κ3) is 4.76. The summed E-state index contributed by atoms with van der Waals surface area (Å²) in [6.45, 7) is 5.78. The van der Waals surface area contributed by atoms with Gasteiger partial charge in [-0.15, -0.1) is 0 Å². The normalized spacial score (nSPS) is 11.8. The van der Waals surface area contributed by atoms with E-state index in [1.807, 2.05) is 24.3 Å². The van der Waals surface area contributed by atoms with Gasteiger partial charge in [-0.1, -0.05) is 43.6 Å². The van der Waals surface area contributed by atoms with Gasteiger partial charge in [-0.05, 0) is 42.7 Å². The summed E-state index contributed by atoms with van der Waals surface area (Å²) in [7, 11) is 1.29. The van der Waals surface area contributed by atoms with Gasteiger partial charge in [0, 0.05) is 0 Å². The third-order valence-electron chi connectivity index (χ3n) is 3.86. The van der Waals surface area contributed by atoms with E-state index in [9.17, 15) is 9.59 Å². The molecule has 1 N–H and O–H groups in total. The van der Waals surface area contributed by atoms with E-state index in [2.05, 4.69) is 23.9 Å². The van der Waals surface area contributed by atoms with Gasteiger partial charge in [0.25, 0.3) is 5.91 Å². The summed E-state index contributed by atoms with van der Waals surface area (Å²) in [5.74, 6) is 0.0620. The lowest BCUT2D eigenvalue weighted by Gasteiger charge is -2.19. The first-order valence-corrected chi connectivity index (χ1v) is 8.65. The summed E-state index contributed by atoms with van der Waals surface area (Å²) in [6.07, 6.45) is -0.743. The molecule has 0 aliphatic rings. The lowest BCUT2D eigenvalue weighted by molar-refractivity contribution is -0.122. The number of amides is 1. The Balaban J connectivity index is 2.14. The molecule has 2 aromatic carbocycles. The average molecular weight is 376 g/mol. The van der Waals surface area contributed by atoms with Crippen molar-refractivity contribution in [2.45, 2.75) is 32.8 Å². The van der Waals surface area contributed by atoms with Gasteiger partial charge in [0.2, 0.25) is 0 Å². The van der Waals surface area contributed by atoms with Crippen molar-refractivity contribution in [2.75, 3.05) is 12.4 Å². The number of anilines is 1. The minimum Gasteiger partial charge on any atom is -0.481 e. The molecule has 0 spiro atoms. The van der Waals surface area contributed by atoms with Gasteiger partial charge in [0.15, 0.2) is 6.10 Å². The molecule has 1 amide bonds. The summed E-state index contributed by atoms with van der Waals surface area (Å²) < 4.78 is 10.5. The van der Waals surface area contributed by atoms with Crippen LogP contribution < -0.4 is 10.1 Å². The Labute approximate surface area is 158 Å². The van der Waals surface area contributed by atoms with Gasteiger partial charge in [-0.25, -0.2) is 4.79 Å². The molecule has 0 aliphatic carbocycles. The van der Waals surface area contributed by atoms with Crippen LogP contribution in [0.3, 0.4) is 0 Å². The first-order chi connectivity index (χ1) is 12.3. The van der Waals surface area contributed by atoms with E-state index < -0.39 is 12.1 Å². The van der Waals surface area contributed by atoms with Gasteiger partial charge in [0.1, 0.15) is 5.75 Å². The number of ether oxygens (including phenoxy) is 2. The third-order valence-corrected chi connectivity index (χ3v) is 4.19. The first-order valence-electron chi connectivity index (χ1n) is 8.27. The van der Waals surface area contributed by atoms with Crippen molar-refractivity contribution in [3.63, 3.8) is 0 Å². The van der Waals surface area contributed by atoms with Crippen LogP contribution in [0.5, 0.6) is 5.75 Å². The zero-order valence-electron chi connectivity index (χ0n) is 15.2. The summed E-state index contributed by atoms with van der Waals surface area (Å²) >= 11 is 6.11. The molecule has 0 aliphatic heterocycles. The van der Waals surface area contributed by atoms with Crippen LogP contribution in [0.2, 0.25) is 5.02 Å². The van der Waals surface area contributed by atoms with Crippen molar-refractivity contribution >= 4 is 29.2 Å². The van der Waals surface area contributed by atoms with Crippen LogP contribution in [0.4, 0.5) is 5.69 Å². The molecule has 1 unspecified atom stereocenters. The maximum atomic E-state index is 12.5. The highest BCUT2D eigenvalue weighted by Crippen LogP contribution is 2.27.